The monoisotopic (exact) mass is 397 g/mol. The first-order chi connectivity index (χ1) is 13.4. The van der Waals surface area contributed by atoms with Gasteiger partial charge in [0.15, 0.2) is 0 Å². The molecule has 0 radical (unpaired) electrons. The van der Waals surface area contributed by atoms with Gasteiger partial charge in [0.05, 0.1) is 23.6 Å². The van der Waals surface area contributed by atoms with Crippen molar-refractivity contribution in [3.05, 3.63) is 64.1 Å². The molecule has 2 aromatic carbocycles. The summed E-state index contributed by atoms with van der Waals surface area (Å²) in [6.07, 6.45) is 1.54. The molecule has 0 aliphatic carbocycles. The number of carboxylic acid groups (broad SMARTS) is 1. The van der Waals surface area contributed by atoms with Crippen molar-refractivity contribution < 1.29 is 24.2 Å². The second-order valence-electron chi connectivity index (χ2n) is 6.30. The van der Waals surface area contributed by atoms with Crippen molar-refractivity contribution in [1.29, 1.82) is 0 Å². The SMILES string of the molecule is Cc1cccc(N2C(=O)S/C(=C/c3cccc(OCCC(=O)O)c3)C2=O)c1C. The molecule has 3 rings (SSSR count). The second-order valence-corrected chi connectivity index (χ2v) is 7.29. The van der Waals surface area contributed by atoms with Gasteiger partial charge in [-0.05, 0) is 66.6 Å². The van der Waals surface area contributed by atoms with Crippen LogP contribution in [0.3, 0.4) is 0 Å². The third-order valence-corrected chi connectivity index (χ3v) is 5.22. The highest BCUT2D eigenvalue weighted by Crippen LogP contribution is 2.37. The fraction of sp³-hybridized carbons (Fsp3) is 0.190. The summed E-state index contributed by atoms with van der Waals surface area (Å²) in [4.78, 5) is 37.4. The van der Waals surface area contributed by atoms with E-state index in [1.54, 1.807) is 36.4 Å². The Morgan fingerprint density at radius 2 is 1.93 bits per heavy atom. The van der Waals surface area contributed by atoms with Gasteiger partial charge in [-0.15, -0.1) is 0 Å². The number of amides is 2. The lowest BCUT2D eigenvalue weighted by molar-refractivity contribution is -0.137. The number of thioether (sulfide) groups is 1. The molecule has 1 saturated heterocycles. The number of carbonyl (C=O) groups is 3. The molecule has 1 aliphatic heterocycles. The van der Waals surface area contributed by atoms with E-state index in [0.29, 0.717) is 21.9 Å². The van der Waals surface area contributed by atoms with Crippen LogP contribution in [0.1, 0.15) is 23.1 Å². The zero-order chi connectivity index (χ0) is 20.3. The first-order valence-electron chi connectivity index (χ1n) is 8.65. The van der Waals surface area contributed by atoms with Gasteiger partial charge in [0.25, 0.3) is 11.1 Å². The summed E-state index contributed by atoms with van der Waals surface area (Å²) < 4.78 is 5.41. The number of carboxylic acids is 1. The van der Waals surface area contributed by atoms with Crippen LogP contribution in [0, 0.1) is 13.8 Å². The zero-order valence-corrected chi connectivity index (χ0v) is 16.3. The maximum Gasteiger partial charge on any atom is 0.306 e. The standard InChI is InChI=1S/C21H19NO5S/c1-13-5-3-8-17(14(13)2)22-20(25)18(28-21(22)26)12-15-6-4-7-16(11-15)27-10-9-19(23)24/h3-8,11-12H,9-10H2,1-2H3,(H,23,24)/b18-12+. The van der Waals surface area contributed by atoms with Crippen molar-refractivity contribution in [2.45, 2.75) is 20.3 Å². The molecule has 0 aromatic heterocycles. The molecule has 1 aliphatic rings. The molecule has 0 saturated carbocycles. The first-order valence-corrected chi connectivity index (χ1v) is 9.47. The summed E-state index contributed by atoms with van der Waals surface area (Å²) in [7, 11) is 0. The zero-order valence-electron chi connectivity index (χ0n) is 15.5. The quantitative estimate of drug-likeness (QED) is 0.728. The van der Waals surface area contributed by atoms with Crippen LogP contribution < -0.4 is 9.64 Å². The summed E-state index contributed by atoms with van der Waals surface area (Å²) in [6.45, 7) is 3.88. The molecule has 6 nitrogen and oxygen atoms in total. The Morgan fingerprint density at radius 3 is 2.68 bits per heavy atom. The van der Waals surface area contributed by atoms with E-state index in [9.17, 15) is 14.4 Å². The molecule has 0 unspecified atom stereocenters. The number of imide groups is 1. The van der Waals surface area contributed by atoms with Gasteiger partial charge in [0.2, 0.25) is 0 Å². The van der Waals surface area contributed by atoms with Crippen LogP contribution in [0.15, 0.2) is 47.4 Å². The number of rotatable bonds is 6. The van der Waals surface area contributed by atoms with Gasteiger partial charge >= 0.3 is 5.97 Å². The highest BCUT2D eigenvalue weighted by molar-refractivity contribution is 8.19. The smallest absolute Gasteiger partial charge is 0.306 e. The predicted octanol–water partition coefficient (Wildman–Crippen LogP) is 4.40. The molecule has 0 spiro atoms. The van der Waals surface area contributed by atoms with Crippen molar-refractivity contribution in [3.63, 3.8) is 0 Å². The summed E-state index contributed by atoms with van der Waals surface area (Å²) in [5, 5.41) is 8.34. The van der Waals surface area contributed by atoms with Gasteiger partial charge in [-0.2, -0.15) is 0 Å². The Balaban J connectivity index is 1.82. The normalized spacial score (nSPS) is 15.4. The summed E-state index contributed by atoms with van der Waals surface area (Å²) >= 11 is 0.894. The Kier molecular flexibility index (Phi) is 5.84. The van der Waals surface area contributed by atoms with Gasteiger partial charge in [-0.1, -0.05) is 24.3 Å². The summed E-state index contributed by atoms with van der Waals surface area (Å²) in [5.41, 5.74) is 3.18. The van der Waals surface area contributed by atoms with E-state index in [1.165, 1.54) is 4.90 Å². The Labute approximate surface area is 166 Å². The minimum absolute atomic E-state index is 0.0575. The average Bonchev–Trinajstić information content (AvgIpc) is 2.91. The number of ether oxygens (including phenoxy) is 1. The predicted molar refractivity (Wildman–Crippen MR) is 109 cm³/mol. The van der Waals surface area contributed by atoms with E-state index in [-0.39, 0.29) is 24.2 Å². The van der Waals surface area contributed by atoms with Crippen LogP contribution in [0.4, 0.5) is 10.5 Å². The molecule has 2 aromatic rings. The molecule has 7 heteroatoms. The van der Waals surface area contributed by atoms with E-state index in [0.717, 1.165) is 22.9 Å². The lowest BCUT2D eigenvalue weighted by Crippen LogP contribution is -2.28. The van der Waals surface area contributed by atoms with Gasteiger partial charge in [0.1, 0.15) is 5.75 Å². The Bertz CT molecular complexity index is 983. The van der Waals surface area contributed by atoms with Crippen molar-refractivity contribution in [2.24, 2.45) is 0 Å². The van der Waals surface area contributed by atoms with Crippen LogP contribution >= 0.6 is 11.8 Å². The van der Waals surface area contributed by atoms with Crippen LogP contribution in [-0.2, 0) is 9.59 Å². The number of hydrogen-bond acceptors (Lipinski definition) is 5. The molecule has 1 heterocycles. The van der Waals surface area contributed by atoms with Gasteiger partial charge in [-0.3, -0.25) is 14.4 Å². The molecule has 28 heavy (non-hydrogen) atoms. The van der Waals surface area contributed by atoms with Crippen molar-refractivity contribution in [2.75, 3.05) is 11.5 Å². The number of aliphatic carboxylic acids is 1. The number of anilines is 1. The number of aryl methyl sites for hydroxylation is 1. The third kappa shape index (κ3) is 4.26. The number of carbonyl (C=O) groups excluding carboxylic acids is 2. The molecular formula is C21H19NO5S. The third-order valence-electron chi connectivity index (χ3n) is 4.35. The topological polar surface area (TPSA) is 83.9 Å². The Morgan fingerprint density at radius 1 is 1.18 bits per heavy atom. The Hall–Kier alpha value is -3.06. The van der Waals surface area contributed by atoms with Gasteiger partial charge in [-0.25, -0.2) is 4.90 Å². The number of benzene rings is 2. The molecule has 1 fully saturated rings. The summed E-state index contributed by atoms with van der Waals surface area (Å²) in [5.74, 6) is -0.791. The highest BCUT2D eigenvalue weighted by atomic mass is 32.2. The second kappa shape index (κ2) is 8.31. The minimum Gasteiger partial charge on any atom is -0.493 e. The molecule has 1 N–H and O–H groups in total. The molecule has 144 valence electrons. The first kappa shape index (κ1) is 19.7. The van der Waals surface area contributed by atoms with Crippen molar-refractivity contribution in [3.8, 4) is 5.75 Å². The van der Waals surface area contributed by atoms with Gasteiger partial charge < -0.3 is 9.84 Å². The van der Waals surface area contributed by atoms with E-state index < -0.39 is 5.97 Å². The lowest BCUT2D eigenvalue weighted by Gasteiger charge is -2.16. The average molecular weight is 397 g/mol. The van der Waals surface area contributed by atoms with Crippen LogP contribution in [0.5, 0.6) is 5.75 Å². The van der Waals surface area contributed by atoms with E-state index >= 15 is 0 Å². The molecular weight excluding hydrogens is 378 g/mol. The number of hydrogen-bond donors (Lipinski definition) is 1. The fourth-order valence-corrected chi connectivity index (χ4v) is 3.59. The van der Waals surface area contributed by atoms with Crippen molar-refractivity contribution >= 4 is 40.6 Å². The van der Waals surface area contributed by atoms with Gasteiger partial charge in [0, 0.05) is 0 Å². The van der Waals surface area contributed by atoms with E-state index in [1.807, 2.05) is 26.0 Å². The fourth-order valence-electron chi connectivity index (χ4n) is 2.75. The van der Waals surface area contributed by atoms with E-state index in [4.69, 9.17) is 9.84 Å². The highest BCUT2D eigenvalue weighted by Gasteiger charge is 2.37. The van der Waals surface area contributed by atoms with E-state index in [2.05, 4.69) is 0 Å². The number of nitrogens with zero attached hydrogens (tertiary/aromatic N) is 1. The van der Waals surface area contributed by atoms with Crippen molar-refractivity contribution in [1.82, 2.24) is 0 Å². The van der Waals surface area contributed by atoms with Crippen LogP contribution in [-0.4, -0.2) is 28.8 Å². The molecule has 0 bridgehead atoms. The minimum atomic E-state index is -0.934. The lowest BCUT2D eigenvalue weighted by atomic mass is 10.1. The molecule has 0 atom stereocenters. The van der Waals surface area contributed by atoms with Crippen LogP contribution in [0.25, 0.3) is 6.08 Å². The molecule has 2 amide bonds. The largest absolute Gasteiger partial charge is 0.493 e. The summed E-state index contributed by atoms with van der Waals surface area (Å²) in [6, 6.07) is 12.5. The maximum absolute atomic E-state index is 12.8. The van der Waals surface area contributed by atoms with Crippen LogP contribution in [0.2, 0.25) is 0 Å². The maximum atomic E-state index is 12.8.